The summed E-state index contributed by atoms with van der Waals surface area (Å²) < 4.78 is 1.86. The van der Waals surface area contributed by atoms with Crippen LogP contribution < -0.4 is 5.32 Å². The molecule has 1 aliphatic heterocycles. The van der Waals surface area contributed by atoms with Crippen molar-refractivity contribution in [2.24, 2.45) is 7.05 Å². The van der Waals surface area contributed by atoms with E-state index in [0.29, 0.717) is 11.2 Å². The lowest BCUT2D eigenvalue weighted by Gasteiger charge is -2.23. The molecule has 3 rings (SSSR count). The molecule has 18 heavy (non-hydrogen) atoms. The van der Waals surface area contributed by atoms with Gasteiger partial charge in [0.25, 0.3) is 0 Å². The third kappa shape index (κ3) is 2.13. The fraction of sp³-hybridized carbons (Fsp3) is 0.500. The normalized spacial score (nSPS) is 20.4. The molecule has 1 unspecified atom stereocenters. The Morgan fingerprint density at radius 1 is 1.44 bits per heavy atom. The molecule has 96 valence electrons. The summed E-state index contributed by atoms with van der Waals surface area (Å²) in [6, 6.07) is 6.93. The van der Waals surface area contributed by atoms with Crippen LogP contribution in [0.1, 0.15) is 24.8 Å². The minimum atomic E-state index is 0.584. The van der Waals surface area contributed by atoms with Crippen molar-refractivity contribution in [3.05, 3.63) is 28.9 Å². The number of hydrogen-bond acceptors (Lipinski definition) is 2. The van der Waals surface area contributed by atoms with Crippen LogP contribution in [0.5, 0.6) is 0 Å². The van der Waals surface area contributed by atoms with E-state index >= 15 is 0 Å². The first-order valence-corrected chi connectivity index (χ1v) is 6.97. The molecule has 1 aromatic heterocycles. The van der Waals surface area contributed by atoms with Crippen molar-refractivity contribution in [2.75, 3.05) is 6.54 Å². The van der Waals surface area contributed by atoms with E-state index in [1.807, 2.05) is 11.7 Å². The summed E-state index contributed by atoms with van der Waals surface area (Å²) in [6.45, 7) is 1.14. The van der Waals surface area contributed by atoms with Gasteiger partial charge in [-0.1, -0.05) is 30.2 Å². The molecule has 1 saturated heterocycles. The third-order valence-electron chi connectivity index (χ3n) is 3.80. The highest BCUT2D eigenvalue weighted by atomic mass is 35.5. The van der Waals surface area contributed by atoms with Crippen molar-refractivity contribution in [1.29, 1.82) is 0 Å². The summed E-state index contributed by atoms with van der Waals surface area (Å²) in [5.74, 6) is 0. The lowest BCUT2D eigenvalue weighted by Crippen LogP contribution is -2.35. The SMILES string of the molecule is Cn1nc(Cl)c2c(CC3CCCCN3)cccc21. The number of nitrogens with zero attached hydrogens (tertiary/aromatic N) is 2. The molecule has 2 aromatic rings. The minimum Gasteiger partial charge on any atom is -0.314 e. The second-order valence-electron chi connectivity index (χ2n) is 5.08. The summed E-state index contributed by atoms with van der Waals surface area (Å²) in [5.41, 5.74) is 2.43. The van der Waals surface area contributed by atoms with Crippen LogP contribution in [-0.2, 0) is 13.5 Å². The van der Waals surface area contributed by atoms with E-state index in [0.717, 1.165) is 23.9 Å². The van der Waals surface area contributed by atoms with Gasteiger partial charge < -0.3 is 5.32 Å². The van der Waals surface area contributed by atoms with Crippen LogP contribution >= 0.6 is 11.6 Å². The Labute approximate surface area is 112 Å². The molecular weight excluding hydrogens is 246 g/mol. The molecule has 4 heteroatoms. The predicted molar refractivity (Wildman–Crippen MR) is 75.1 cm³/mol. The monoisotopic (exact) mass is 263 g/mol. The Kier molecular flexibility index (Phi) is 3.27. The number of benzene rings is 1. The first-order valence-electron chi connectivity index (χ1n) is 6.59. The van der Waals surface area contributed by atoms with Crippen molar-refractivity contribution in [3.8, 4) is 0 Å². The van der Waals surface area contributed by atoms with Crippen molar-refractivity contribution in [2.45, 2.75) is 31.7 Å². The fourth-order valence-electron chi connectivity index (χ4n) is 2.86. The average Bonchev–Trinajstić information content (AvgIpc) is 2.67. The highest BCUT2D eigenvalue weighted by Gasteiger charge is 2.17. The van der Waals surface area contributed by atoms with Crippen LogP contribution in [-0.4, -0.2) is 22.4 Å². The first-order chi connectivity index (χ1) is 8.75. The molecule has 1 aromatic carbocycles. The van der Waals surface area contributed by atoms with Gasteiger partial charge in [0.15, 0.2) is 5.15 Å². The number of hydrogen-bond donors (Lipinski definition) is 1. The summed E-state index contributed by atoms with van der Waals surface area (Å²) in [6.07, 6.45) is 4.93. The summed E-state index contributed by atoms with van der Waals surface area (Å²) in [4.78, 5) is 0. The Balaban J connectivity index is 1.95. The van der Waals surface area contributed by atoms with Gasteiger partial charge in [0.1, 0.15) is 0 Å². The largest absolute Gasteiger partial charge is 0.314 e. The quantitative estimate of drug-likeness (QED) is 0.903. The van der Waals surface area contributed by atoms with E-state index in [4.69, 9.17) is 11.6 Å². The van der Waals surface area contributed by atoms with Crippen LogP contribution in [0.3, 0.4) is 0 Å². The smallest absolute Gasteiger partial charge is 0.159 e. The maximum atomic E-state index is 6.25. The van der Waals surface area contributed by atoms with Crippen LogP contribution in [0, 0.1) is 0 Å². The Hall–Kier alpha value is -1.06. The Morgan fingerprint density at radius 2 is 2.33 bits per heavy atom. The van der Waals surface area contributed by atoms with Gasteiger partial charge in [-0.2, -0.15) is 5.10 Å². The molecule has 0 amide bonds. The second kappa shape index (κ2) is 4.90. The van der Waals surface area contributed by atoms with Crippen LogP contribution in [0.2, 0.25) is 5.15 Å². The van der Waals surface area contributed by atoms with E-state index in [-0.39, 0.29) is 0 Å². The van der Waals surface area contributed by atoms with Gasteiger partial charge in [-0.3, -0.25) is 4.68 Å². The lowest BCUT2D eigenvalue weighted by atomic mass is 9.96. The molecule has 0 saturated carbocycles. The van der Waals surface area contributed by atoms with E-state index in [1.165, 1.54) is 24.8 Å². The van der Waals surface area contributed by atoms with Gasteiger partial charge in [0.2, 0.25) is 0 Å². The van der Waals surface area contributed by atoms with E-state index in [1.54, 1.807) is 0 Å². The van der Waals surface area contributed by atoms with E-state index < -0.39 is 0 Å². The lowest BCUT2D eigenvalue weighted by molar-refractivity contribution is 0.400. The number of halogens is 1. The number of fused-ring (bicyclic) bond motifs is 1. The molecule has 0 bridgehead atoms. The molecule has 1 aliphatic rings. The van der Waals surface area contributed by atoms with Gasteiger partial charge in [0, 0.05) is 18.5 Å². The first kappa shape index (κ1) is 12.0. The molecule has 1 atom stereocenters. The Bertz CT molecular complexity index is 555. The standard InChI is InChI=1S/C14H18ClN3/c1-18-12-7-4-5-10(13(12)14(15)17-18)9-11-6-2-3-8-16-11/h4-5,7,11,16H,2-3,6,8-9H2,1H3. The van der Waals surface area contributed by atoms with Crippen LogP contribution in [0.4, 0.5) is 0 Å². The minimum absolute atomic E-state index is 0.584. The van der Waals surface area contributed by atoms with E-state index in [2.05, 4.69) is 28.6 Å². The van der Waals surface area contributed by atoms with Crippen molar-refractivity contribution >= 4 is 22.5 Å². The molecule has 0 radical (unpaired) electrons. The molecule has 3 nitrogen and oxygen atoms in total. The number of rotatable bonds is 2. The molecular formula is C14H18ClN3. The molecule has 1 N–H and O–H groups in total. The van der Waals surface area contributed by atoms with Crippen LogP contribution in [0.15, 0.2) is 18.2 Å². The van der Waals surface area contributed by atoms with E-state index in [9.17, 15) is 0 Å². The summed E-state index contributed by atoms with van der Waals surface area (Å²) in [7, 11) is 1.94. The summed E-state index contributed by atoms with van der Waals surface area (Å²) >= 11 is 6.25. The number of aromatic nitrogens is 2. The average molecular weight is 264 g/mol. The number of nitrogens with one attached hydrogen (secondary N) is 1. The molecule has 2 heterocycles. The van der Waals surface area contributed by atoms with Crippen LogP contribution in [0.25, 0.3) is 10.9 Å². The summed E-state index contributed by atoms with van der Waals surface area (Å²) in [5, 5.41) is 9.64. The zero-order chi connectivity index (χ0) is 12.5. The Morgan fingerprint density at radius 3 is 3.11 bits per heavy atom. The molecule has 0 spiro atoms. The van der Waals surface area contributed by atoms with Gasteiger partial charge in [-0.15, -0.1) is 0 Å². The zero-order valence-corrected chi connectivity index (χ0v) is 11.4. The highest BCUT2D eigenvalue weighted by Crippen LogP contribution is 2.27. The number of piperidine rings is 1. The second-order valence-corrected chi connectivity index (χ2v) is 5.43. The van der Waals surface area contributed by atoms with Gasteiger partial charge >= 0.3 is 0 Å². The van der Waals surface area contributed by atoms with Crippen molar-refractivity contribution < 1.29 is 0 Å². The van der Waals surface area contributed by atoms with Gasteiger partial charge in [0.05, 0.1) is 5.52 Å². The van der Waals surface area contributed by atoms with Crippen molar-refractivity contribution in [3.63, 3.8) is 0 Å². The van der Waals surface area contributed by atoms with Crippen molar-refractivity contribution in [1.82, 2.24) is 15.1 Å². The van der Waals surface area contributed by atoms with Gasteiger partial charge in [-0.05, 0) is 37.4 Å². The number of aryl methyl sites for hydroxylation is 1. The fourth-order valence-corrected chi connectivity index (χ4v) is 3.20. The molecule has 0 aliphatic carbocycles. The predicted octanol–water partition coefficient (Wildman–Crippen LogP) is 2.91. The third-order valence-corrected chi connectivity index (χ3v) is 4.06. The van der Waals surface area contributed by atoms with Gasteiger partial charge in [-0.25, -0.2) is 0 Å². The molecule has 1 fully saturated rings. The topological polar surface area (TPSA) is 29.9 Å². The maximum Gasteiger partial charge on any atom is 0.159 e. The highest BCUT2D eigenvalue weighted by molar-refractivity contribution is 6.34. The maximum absolute atomic E-state index is 6.25. The zero-order valence-electron chi connectivity index (χ0n) is 10.6.